The van der Waals surface area contributed by atoms with E-state index in [1.54, 1.807) is 36.9 Å². The Balaban J connectivity index is 1.93. The van der Waals surface area contributed by atoms with Crippen molar-refractivity contribution in [3.8, 4) is 0 Å². The highest BCUT2D eigenvalue weighted by Gasteiger charge is 2.28. The Hall–Kier alpha value is -0.900. The summed E-state index contributed by atoms with van der Waals surface area (Å²) in [6, 6.07) is 4.69. The van der Waals surface area contributed by atoms with Crippen molar-refractivity contribution in [1.29, 1.82) is 0 Å². The van der Waals surface area contributed by atoms with Gasteiger partial charge in [-0.3, -0.25) is 0 Å². The summed E-state index contributed by atoms with van der Waals surface area (Å²) in [6.45, 7) is 11.7. The lowest BCUT2D eigenvalue weighted by Crippen LogP contribution is -2.09. The summed E-state index contributed by atoms with van der Waals surface area (Å²) in [5.74, 6) is 1.21. The van der Waals surface area contributed by atoms with Gasteiger partial charge in [-0.15, -0.1) is 34.0 Å². The van der Waals surface area contributed by atoms with Crippen LogP contribution < -0.4 is 0 Å². The van der Waals surface area contributed by atoms with Gasteiger partial charge in [-0.1, -0.05) is 85.6 Å². The van der Waals surface area contributed by atoms with Gasteiger partial charge >= 0.3 is 0 Å². The molecule has 0 nitrogen and oxygen atoms in total. The zero-order valence-electron chi connectivity index (χ0n) is 24.4. The lowest BCUT2D eigenvalue weighted by atomic mass is 9.83. The Bertz CT molecular complexity index is 991. The highest BCUT2D eigenvalue weighted by molar-refractivity contribution is 7.12. The molecule has 0 N–H and O–H groups in total. The first-order valence-corrected chi connectivity index (χ1v) is 18.0. The second-order valence-corrected chi connectivity index (χ2v) is 13.6. The van der Waals surface area contributed by atoms with Gasteiger partial charge in [-0.2, -0.15) is 0 Å². The van der Waals surface area contributed by atoms with Crippen molar-refractivity contribution in [1.82, 2.24) is 0 Å². The molecular weight excluding hydrogens is 505 g/mol. The van der Waals surface area contributed by atoms with E-state index in [0.717, 1.165) is 0 Å². The van der Waals surface area contributed by atoms with Crippen molar-refractivity contribution >= 4 is 34.0 Å². The van der Waals surface area contributed by atoms with Crippen LogP contribution in [0.25, 0.3) is 0 Å². The fraction of sp³-hybridized carbons (Fsp3) is 0.647. The Morgan fingerprint density at radius 2 is 1.24 bits per heavy atom. The van der Waals surface area contributed by atoms with E-state index in [-0.39, 0.29) is 0 Å². The molecule has 206 valence electrons. The Morgan fingerprint density at radius 1 is 0.649 bits per heavy atom. The van der Waals surface area contributed by atoms with Gasteiger partial charge in [0.25, 0.3) is 0 Å². The van der Waals surface area contributed by atoms with Gasteiger partial charge in [0, 0.05) is 20.5 Å². The quantitative estimate of drug-likeness (QED) is 0.129. The average molecular weight is 557 g/mol. The topological polar surface area (TPSA) is 0 Å². The molecule has 0 radical (unpaired) electrons. The maximum absolute atomic E-state index is 2.51. The van der Waals surface area contributed by atoms with Gasteiger partial charge in [0.15, 0.2) is 0 Å². The van der Waals surface area contributed by atoms with Gasteiger partial charge in [-0.25, -0.2) is 0 Å². The summed E-state index contributed by atoms with van der Waals surface area (Å²) in [5.41, 5.74) is 6.68. The minimum absolute atomic E-state index is 0.545. The predicted molar refractivity (Wildman–Crippen MR) is 172 cm³/mol. The Labute approximate surface area is 240 Å². The van der Waals surface area contributed by atoms with Gasteiger partial charge < -0.3 is 0 Å². The molecule has 2 unspecified atom stereocenters. The third kappa shape index (κ3) is 8.54. The SMILES string of the molecule is CCCCCCc1c(CC)csc1C(CCC)CC(c1cccs1)c1scc(CC)c1CCCCCC. The Kier molecular flexibility index (Phi) is 14.0. The van der Waals surface area contributed by atoms with Crippen molar-refractivity contribution in [2.75, 3.05) is 0 Å². The zero-order valence-corrected chi connectivity index (χ0v) is 26.8. The number of hydrogen-bond donors (Lipinski definition) is 0. The van der Waals surface area contributed by atoms with Crippen LogP contribution in [-0.2, 0) is 25.7 Å². The normalized spacial score (nSPS) is 13.3. The standard InChI is InChI=1S/C34H52S3/c1-6-11-13-15-19-29-26(9-4)24-36-33(29)28(18-8-3)23-31(32-21-17-22-35-32)34-30(20-16-14-12-7-2)27(10-5)25-37-34/h17,21-22,24-25,28,31H,6-16,18-20,23H2,1-5H3. The summed E-state index contributed by atoms with van der Waals surface area (Å²) in [7, 11) is 0. The summed E-state index contributed by atoms with van der Waals surface area (Å²) in [6.07, 6.45) is 19.6. The second kappa shape index (κ2) is 16.9. The molecule has 0 aliphatic carbocycles. The first-order chi connectivity index (χ1) is 18.2. The van der Waals surface area contributed by atoms with Crippen LogP contribution in [0.3, 0.4) is 0 Å². The van der Waals surface area contributed by atoms with Crippen molar-refractivity contribution in [3.63, 3.8) is 0 Å². The van der Waals surface area contributed by atoms with Gasteiger partial charge in [-0.05, 0) is 102 Å². The molecule has 37 heavy (non-hydrogen) atoms. The molecule has 3 heteroatoms. The largest absolute Gasteiger partial charge is 0.148 e. The molecule has 0 amide bonds. The van der Waals surface area contributed by atoms with Gasteiger partial charge in [0.05, 0.1) is 0 Å². The molecule has 3 aromatic rings. The number of rotatable bonds is 19. The van der Waals surface area contributed by atoms with Crippen molar-refractivity contribution in [2.24, 2.45) is 0 Å². The monoisotopic (exact) mass is 556 g/mol. The summed E-state index contributed by atoms with van der Waals surface area (Å²) in [5, 5.41) is 7.30. The highest BCUT2D eigenvalue weighted by atomic mass is 32.1. The molecular formula is C34H52S3. The molecule has 0 saturated carbocycles. The molecule has 0 aromatic carbocycles. The van der Waals surface area contributed by atoms with Gasteiger partial charge in [0.1, 0.15) is 0 Å². The fourth-order valence-electron chi connectivity index (χ4n) is 5.95. The molecule has 0 aliphatic rings. The molecule has 3 heterocycles. The van der Waals surface area contributed by atoms with E-state index in [4.69, 9.17) is 0 Å². The smallest absolute Gasteiger partial charge is 0.0286 e. The first-order valence-electron chi connectivity index (χ1n) is 15.4. The maximum Gasteiger partial charge on any atom is 0.0286 e. The number of thiophene rings is 3. The number of hydrogen-bond acceptors (Lipinski definition) is 3. The minimum atomic E-state index is 0.545. The average Bonchev–Trinajstić information content (AvgIpc) is 3.67. The van der Waals surface area contributed by atoms with E-state index in [2.05, 4.69) is 85.6 Å². The summed E-state index contributed by atoms with van der Waals surface area (Å²) < 4.78 is 0. The number of unbranched alkanes of at least 4 members (excludes halogenated alkanes) is 6. The van der Waals surface area contributed by atoms with E-state index in [1.807, 2.05) is 11.3 Å². The second-order valence-electron chi connectivity index (χ2n) is 10.8. The molecule has 0 aliphatic heterocycles. The van der Waals surface area contributed by atoms with E-state index in [9.17, 15) is 0 Å². The van der Waals surface area contributed by atoms with E-state index < -0.39 is 0 Å². The van der Waals surface area contributed by atoms with Crippen LogP contribution in [-0.4, -0.2) is 0 Å². The predicted octanol–water partition coefficient (Wildman–Crippen LogP) is 12.3. The van der Waals surface area contributed by atoms with Crippen molar-refractivity contribution < 1.29 is 0 Å². The fourth-order valence-corrected chi connectivity index (χ4v) is 9.58. The van der Waals surface area contributed by atoms with Crippen molar-refractivity contribution in [2.45, 2.75) is 143 Å². The first kappa shape index (κ1) is 30.6. The number of aryl methyl sites for hydroxylation is 2. The van der Waals surface area contributed by atoms with Crippen LogP contribution in [0, 0.1) is 0 Å². The maximum atomic E-state index is 2.51. The van der Waals surface area contributed by atoms with Crippen LogP contribution in [0.5, 0.6) is 0 Å². The third-order valence-electron chi connectivity index (χ3n) is 8.08. The summed E-state index contributed by atoms with van der Waals surface area (Å²) >= 11 is 6.14. The van der Waals surface area contributed by atoms with Crippen LogP contribution >= 0.6 is 34.0 Å². The van der Waals surface area contributed by atoms with E-state index >= 15 is 0 Å². The highest BCUT2D eigenvalue weighted by Crippen LogP contribution is 2.46. The van der Waals surface area contributed by atoms with Crippen LogP contribution in [0.2, 0.25) is 0 Å². The Morgan fingerprint density at radius 3 is 1.76 bits per heavy atom. The molecule has 2 atom stereocenters. The lowest BCUT2D eigenvalue weighted by molar-refractivity contribution is 0.540. The molecule has 3 rings (SSSR count). The molecule has 0 fully saturated rings. The molecule has 0 bridgehead atoms. The van der Waals surface area contributed by atoms with Crippen LogP contribution in [0.1, 0.15) is 154 Å². The van der Waals surface area contributed by atoms with Crippen molar-refractivity contribution in [3.05, 3.63) is 65.2 Å². The molecule has 3 aromatic heterocycles. The minimum Gasteiger partial charge on any atom is -0.148 e. The van der Waals surface area contributed by atoms with Gasteiger partial charge in [0.2, 0.25) is 0 Å². The molecule has 0 spiro atoms. The van der Waals surface area contributed by atoms with E-state index in [0.29, 0.717) is 11.8 Å². The van der Waals surface area contributed by atoms with E-state index in [1.165, 1.54) is 96.3 Å². The third-order valence-corrected chi connectivity index (χ3v) is 11.5. The zero-order chi connectivity index (χ0) is 26.5. The molecule has 0 saturated heterocycles. The lowest BCUT2D eigenvalue weighted by Gasteiger charge is -2.24. The van der Waals surface area contributed by atoms with Crippen LogP contribution in [0.15, 0.2) is 28.3 Å². The summed E-state index contributed by atoms with van der Waals surface area (Å²) in [4.78, 5) is 5.00. The van der Waals surface area contributed by atoms with Crippen LogP contribution in [0.4, 0.5) is 0 Å².